The van der Waals surface area contributed by atoms with Crippen molar-refractivity contribution in [3.63, 3.8) is 0 Å². The van der Waals surface area contributed by atoms with Crippen molar-refractivity contribution in [1.82, 2.24) is 0 Å². The van der Waals surface area contributed by atoms with Crippen LogP contribution in [0.15, 0.2) is 0 Å². The molecule has 0 aromatic carbocycles. The predicted molar refractivity (Wildman–Crippen MR) is 3.33 cm³/mol. The van der Waals surface area contributed by atoms with Crippen LogP contribution in [0.4, 0.5) is 4.53 Å². The number of halogens is 1. The molecule has 0 aliphatic rings. The van der Waals surface area contributed by atoms with E-state index in [1.807, 2.05) is 0 Å². The summed E-state index contributed by atoms with van der Waals surface area (Å²) >= 11 is 0. The van der Waals surface area contributed by atoms with Gasteiger partial charge in [-0.25, -0.2) is 5.31 Å². The SMILES string of the molecule is OF.[Co].[Ni]. The molecule has 0 amide bonds. The number of rotatable bonds is 0. The minimum absolute atomic E-state index is 0. The maximum atomic E-state index is 8.50. The number of hydrogen-bond donors (Lipinski definition) is 1. The summed E-state index contributed by atoms with van der Waals surface area (Å²) in [4.78, 5) is 0. The van der Waals surface area contributed by atoms with E-state index in [1.165, 1.54) is 0 Å². The van der Waals surface area contributed by atoms with E-state index in [2.05, 4.69) is 0 Å². The molecule has 0 saturated heterocycles. The normalized spacial score (nSPS) is 1.50. The molecule has 1 radical (unpaired) electrons. The molecular weight excluding hydrogens is 153 g/mol. The zero-order valence-corrected chi connectivity index (χ0v) is 3.50. The third-order valence-electron chi connectivity index (χ3n) is 0. The zero-order chi connectivity index (χ0) is 2.00. The van der Waals surface area contributed by atoms with Crippen LogP contribution >= 0.6 is 0 Å². The standard InChI is InChI=1S/Co.FHO.Ni/c;1-2;/h;2H;. The van der Waals surface area contributed by atoms with Crippen molar-refractivity contribution in [3.8, 4) is 0 Å². The molecule has 0 aliphatic carbocycles. The van der Waals surface area contributed by atoms with E-state index in [-0.39, 0.29) is 33.3 Å². The van der Waals surface area contributed by atoms with Gasteiger partial charge in [-0.15, -0.1) is 0 Å². The van der Waals surface area contributed by atoms with Crippen molar-refractivity contribution in [1.29, 1.82) is 0 Å². The molecule has 4 heteroatoms. The molecule has 33 valence electrons. The van der Waals surface area contributed by atoms with Crippen LogP contribution in [0.5, 0.6) is 0 Å². The van der Waals surface area contributed by atoms with Gasteiger partial charge in [0.05, 0.1) is 0 Å². The van der Waals surface area contributed by atoms with Gasteiger partial charge in [0, 0.05) is 33.3 Å². The summed E-state index contributed by atoms with van der Waals surface area (Å²) in [5, 5.41) is 5.50. The molecule has 1 nitrogen and oxygen atoms in total. The van der Waals surface area contributed by atoms with Gasteiger partial charge < -0.3 is 0 Å². The molecule has 0 saturated carbocycles. The molecule has 0 atom stereocenters. The molecule has 0 aliphatic heterocycles. The van der Waals surface area contributed by atoms with Gasteiger partial charge in [-0.1, -0.05) is 4.53 Å². The third-order valence-corrected chi connectivity index (χ3v) is 0. The van der Waals surface area contributed by atoms with Crippen LogP contribution in [0.3, 0.4) is 0 Å². The Bertz CT molecular complexity index is 8.00. The van der Waals surface area contributed by atoms with Gasteiger partial charge >= 0.3 is 0 Å². The maximum absolute atomic E-state index is 8.50. The van der Waals surface area contributed by atoms with Crippen LogP contribution in [0.1, 0.15) is 0 Å². The largest absolute Gasteiger partial charge is 0.209 e. The van der Waals surface area contributed by atoms with Gasteiger partial charge in [-0.05, 0) is 0 Å². The average molecular weight is 154 g/mol. The van der Waals surface area contributed by atoms with Crippen LogP contribution in [0.25, 0.3) is 0 Å². The Morgan fingerprint density at radius 3 is 1.25 bits per heavy atom. The molecular formula is HCoFNiO. The van der Waals surface area contributed by atoms with Gasteiger partial charge in [0.2, 0.25) is 0 Å². The monoisotopic (exact) mass is 153 g/mol. The first-order valence-electron chi connectivity index (χ1n) is 0.169. The Labute approximate surface area is 43.6 Å². The Morgan fingerprint density at radius 2 is 1.25 bits per heavy atom. The second-order valence-corrected chi connectivity index (χ2v) is 0. The zero-order valence-electron chi connectivity index (χ0n) is 1.47. The summed E-state index contributed by atoms with van der Waals surface area (Å²) in [5.74, 6) is 0. The summed E-state index contributed by atoms with van der Waals surface area (Å²) in [6.07, 6.45) is 0. The number of hydrogen-bond acceptors (Lipinski definition) is 1. The van der Waals surface area contributed by atoms with Gasteiger partial charge in [0.1, 0.15) is 0 Å². The molecule has 0 rings (SSSR count). The van der Waals surface area contributed by atoms with E-state index in [0.717, 1.165) is 0 Å². The summed E-state index contributed by atoms with van der Waals surface area (Å²) in [7, 11) is 0. The molecule has 4 heavy (non-hydrogen) atoms. The minimum Gasteiger partial charge on any atom is -0.209 e. The van der Waals surface area contributed by atoms with Gasteiger partial charge in [-0.3, -0.25) is 0 Å². The van der Waals surface area contributed by atoms with Crippen molar-refractivity contribution >= 4 is 0 Å². The summed E-state index contributed by atoms with van der Waals surface area (Å²) in [6.45, 7) is 0. The van der Waals surface area contributed by atoms with Crippen LogP contribution < -0.4 is 0 Å². The van der Waals surface area contributed by atoms with E-state index in [4.69, 9.17) is 9.84 Å². The molecule has 1 N–H and O–H groups in total. The summed E-state index contributed by atoms with van der Waals surface area (Å²) < 4.78 is 8.50. The quantitative estimate of drug-likeness (QED) is 0.481. The van der Waals surface area contributed by atoms with Crippen LogP contribution in [-0.4, -0.2) is 5.31 Å². The molecule has 0 spiro atoms. The molecule has 0 heterocycles. The van der Waals surface area contributed by atoms with Gasteiger partial charge in [0.25, 0.3) is 0 Å². The molecule has 0 fully saturated rings. The van der Waals surface area contributed by atoms with E-state index >= 15 is 0 Å². The Hall–Kier alpha value is 0.890. The maximum Gasteiger partial charge on any atom is 0 e. The fraction of sp³-hybridized carbons (Fsp3) is 0. The topological polar surface area (TPSA) is 20.2 Å². The van der Waals surface area contributed by atoms with Crippen molar-refractivity contribution < 1.29 is 43.1 Å². The molecule has 0 bridgehead atoms. The first-order valence-corrected chi connectivity index (χ1v) is 0.169. The van der Waals surface area contributed by atoms with E-state index in [9.17, 15) is 0 Å². The molecule has 0 aromatic rings. The third kappa shape index (κ3) is 13.0. The van der Waals surface area contributed by atoms with Gasteiger partial charge in [0.15, 0.2) is 0 Å². The fourth-order valence-electron chi connectivity index (χ4n) is 0. The predicted octanol–water partition coefficient (Wildman–Crippen LogP) is -0.142. The average Bonchev–Trinajstić information content (AvgIpc) is 1.00. The van der Waals surface area contributed by atoms with E-state index in [1.54, 1.807) is 0 Å². The van der Waals surface area contributed by atoms with Crippen molar-refractivity contribution in [2.45, 2.75) is 0 Å². The van der Waals surface area contributed by atoms with Gasteiger partial charge in [-0.2, -0.15) is 0 Å². The van der Waals surface area contributed by atoms with Crippen molar-refractivity contribution in [2.24, 2.45) is 0 Å². The second-order valence-electron chi connectivity index (χ2n) is 0. The van der Waals surface area contributed by atoms with Crippen LogP contribution in [0.2, 0.25) is 0 Å². The van der Waals surface area contributed by atoms with Crippen LogP contribution in [-0.2, 0) is 33.3 Å². The second kappa shape index (κ2) is 41.0. The van der Waals surface area contributed by atoms with E-state index < -0.39 is 0 Å². The molecule has 0 unspecified atom stereocenters. The van der Waals surface area contributed by atoms with Crippen LogP contribution in [0, 0.1) is 0 Å². The smallest absolute Gasteiger partial charge is 0 e. The summed E-state index contributed by atoms with van der Waals surface area (Å²) in [5.41, 5.74) is 0. The first kappa shape index (κ1) is 20.7. The Kier molecular flexibility index (Phi) is 212. The Balaban J connectivity index is -0.00000000500. The molecule has 0 aromatic heterocycles. The minimum atomic E-state index is 0. The van der Waals surface area contributed by atoms with Crippen molar-refractivity contribution in [3.05, 3.63) is 0 Å². The fourth-order valence-corrected chi connectivity index (χ4v) is 0. The van der Waals surface area contributed by atoms with E-state index in [0.29, 0.717) is 0 Å². The Morgan fingerprint density at radius 1 is 1.25 bits per heavy atom. The van der Waals surface area contributed by atoms with Crippen molar-refractivity contribution in [2.75, 3.05) is 0 Å². The summed E-state index contributed by atoms with van der Waals surface area (Å²) in [6, 6.07) is 0. The first-order chi connectivity index (χ1) is 1.00.